The molecule has 1 aromatic heterocycles. The summed E-state index contributed by atoms with van der Waals surface area (Å²) in [6.45, 7) is 2.94. The number of nitrogens with one attached hydrogen (secondary N) is 1. The minimum Gasteiger partial charge on any atom is -0.357 e. The Kier molecular flexibility index (Phi) is 5.20. The first-order valence-corrected chi connectivity index (χ1v) is 8.68. The highest BCUT2D eigenvalue weighted by molar-refractivity contribution is 5.88. The van der Waals surface area contributed by atoms with Gasteiger partial charge in [-0.3, -0.25) is 19.1 Å². The highest BCUT2D eigenvalue weighted by Gasteiger charge is 2.34. The maximum Gasteiger partial charge on any atom is 0.244 e. The number of para-hydroxylation sites is 1. The summed E-state index contributed by atoms with van der Waals surface area (Å²) in [6, 6.07) is 7.21. The van der Waals surface area contributed by atoms with Crippen molar-refractivity contribution >= 4 is 28.6 Å². The molecule has 1 atom stereocenters. The van der Waals surface area contributed by atoms with E-state index in [1.807, 2.05) is 28.9 Å². The van der Waals surface area contributed by atoms with Crippen molar-refractivity contribution in [2.45, 2.75) is 25.9 Å². The van der Waals surface area contributed by atoms with Crippen LogP contribution in [0.3, 0.4) is 0 Å². The molecular formula is C18H23N5O3. The molecule has 0 saturated carbocycles. The van der Waals surface area contributed by atoms with Crippen molar-refractivity contribution in [1.29, 1.82) is 0 Å². The molecule has 26 heavy (non-hydrogen) atoms. The molecular weight excluding hydrogens is 334 g/mol. The van der Waals surface area contributed by atoms with Crippen molar-refractivity contribution in [2.24, 2.45) is 0 Å². The van der Waals surface area contributed by atoms with Crippen LogP contribution in [-0.2, 0) is 20.9 Å². The Morgan fingerprint density at radius 2 is 2.00 bits per heavy atom. The number of benzene rings is 1. The van der Waals surface area contributed by atoms with Gasteiger partial charge in [0.25, 0.3) is 0 Å². The van der Waals surface area contributed by atoms with Gasteiger partial charge in [0.05, 0.1) is 24.8 Å². The molecule has 8 heteroatoms. The third kappa shape index (κ3) is 3.54. The van der Waals surface area contributed by atoms with Crippen molar-refractivity contribution < 1.29 is 14.4 Å². The fourth-order valence-electron chi connectivity index (χ4n) is 3.34. The summed E-state index contributed by atoms with van der Waals surface area (Å²) in [7, 11) is 1.53. The Bertz CT molecular complexity index is 831. The molecule has 0 radical (unpaired) electrons. The van der Waals surface area contributed by atoms with Crippen LogP contribution in [0.15, 0.2) is 30.5 Å². The van der Waals surface area contributed by atoms with Crippen LogP contribution >= 0.6 is 0 Å². The quantitative estimate of drug-likeness (QED) is 0.849. The number of aryl methyl sites for hydroxylation is 1. The van der Waals surface area contributed by atoms with Crippen LogP contribution in [0, 0.1) is 0 Å². The lowest BCUT2D eigenvalue weighted by atomic mass is 10.1. The monoisotopic (exact) mass is 357 g/mol. The van der Waals surface area contributed by atoms with E-state index >= 15 is 0 Å². The number of hydrogen-bond acceptors (Lipinski definition) is 4. The Morgan fingerprint density at radius 3 is 2.73 bits per heavy atom. The number of rotatable bonds is 4. The summed E-state index contributed by atoms with van der Waals surface area (Å²) in [5.74, 6) is -0.453. The second kappa shape index (κ2) is 7.55. The number of carbonyl (C=O) groups excluding carboxylic acids is 3. The third-order valence-corrected chi connectivity index (χ3v) is 4.78. The van der Waals surface area contributed by atoms with Gasteiger partial charge in [-0.2, -0.15) is 5.10 Å². The average molecular weight is 357 g/mol. The summed E-state index contributed by atoms with van der Waals surface area (Å²) < 4.78 is 1.81. The second-order valence-corrected chi connectivity index (χ2v) is 6.36. The number of likely N-dealkylation sites (N-methyl/N-ethyl adjacent to an activating group) is 1. The van der Waals surface area contributed by atoms with Crippen LogP contribution < -0.4 is 5.32 Å². The van der Waals surface area contributed by atoms with Crippen LogP contribution in [0.4, 0.5) is 0 Å². The molecule has 1 aliphatic rings. The van der Waals surface area contributed by atoms with E-state index in [-0.39, 0.29) is 24.3 Å². The summed E-state index contributed by atoms with van der Waals surface area (Å²) in [5.41, 5.74) is 0.991. The van der Waals surface area contributed by atoms with Crippen LogP contribution in [0.2, 0.25) is 0 Å². The first kappa shape index (κ1) is 17.9. The van der Waals surface area contributed by atoms with Crippen LogP contribution in [0.25, 0.3) is 10.9 Å². The van der Waals surface area contributed by atoms with Gasteiger partial charge in [0.2, 0.25) is 17.7 Å². The molecule has 1 saturated heterocycles. The zero-order valence-corrected chi connectivity index (χ0v) is 15.0. The van der Waals surface area contributed by atoms with Gasteiger partial charge in [-0.1, -0.05) is 18.2 Å². The molecule has 1 unspecified atom stereocenters. The number of amides is 3. The SMILES string of the molecule is CNC(=O)C1CN(C(=O)CCn2ncc3ccccc32)CCN1C(C)=O. The van der Waals surface area contributed by atoms with E-state index in [0.29, 0.717) is 26.1 Å². The molecule has 0 aliphatic carbocycles. The third-order valence-electron chi connectivity index (χ3n) is 4.78. The van der Waals surface area contributed by atoms with E-state index in [2.05, 4.69) is 10.4 Å². The van der Waals surface area contributed by atoms with E-state index in [4.69, 9.17) is 0 Å². The Labute approximate surface area is 151 Å². The summed E-state index contributed by atoms with van der Waals surface area (Å²) in [4.78, 5) is 39.6. The largest absolute Gasteiger partial charge is 0.357 e. The average Bonchev–Trinajstić information content (AvgIpc) is 3.08. The van der Waals surface area contributed by atoms with Gasteiger partial charge in [-0.05, 0) is 6.07 Å². The second-order valence-electron chi connectivity index (χ2n) is 6.36. The summed E-state index contributed by atoms with van der Waals surface area (Å²) in [6.07, 6.45) is 2.08. The molecule has 138 valence electrons. The lowest BCUT2D eigenvalue weighted by Gasteiger charge is -2.40. The van der Waals surface area contributed by atoms with Gasteiger partial charge in [-0.15, -0.1) is 0 Å². The molecule has 1 aliphatic heterocycles. The first-order chi connectivity index (χ1) is 12.5. The molecule has 0 bridgehead atoms. The highest BCUT2D eigenvalue weighted by atomic mass is 16.2. The lowest BCUT2D eigenvalue weighted by molar-refractivity contribution is -0.147. The normalized spacial score (nSPS) is 17.4. The Balaban J connectivity index is 1.64. The minimum absolute atomic E-state index is 0.0401. The molecule has 3 rings (SSSR count). The first-order valence-electron chi connectivity index (χ1n) is 8.68. The number of aromatic nitrogens is 2. The smallest absolute Gasteiger partial charge is 0.244 e. The van der Waals surface area contributed by atoms with Gasteiger partial charge >= 0.3 is 0 Å². The van der Waals surface area contributed by atoms with E-state index in [1.54, 1.807) is 11.1 Å². The molecule has 0 spiro atoms. The van der Waals surface area contributed by atoms with Gasteiger partial charge in [0, 0.05) is 38.9 Å². The van der Waals surface area contributed by atoms with Crippen molar-refractivity contribution in [1.82, 2.24) is 24.9 Å². The van der Waals surface area contributed by atoms with Crippen molar-refractivity contribution in [2.75, 3.05) is 26.7 Å². The fourth-order valence-corrected chi connectivity index (χ4v) is 3.34. The van der Waals surface area contributed by atoms with Gasteiger partial charge in [0.1, 0.15) is 6.04 Å². The van der Waals surface area contributed by atoms with Crippen LogP contribution in [-0.4, -0.2) is 70.0 Å². The Morgan fingerprint density at radius 1 is 1.23 bits per heavy atom. The predicted molar refractivity (Wildman–Crippen MR) is 96.2 cm³/mol. The molecule has 2 aromatic rings. The summed E-state index contributed by atoms with van der Waals surface area (Å²) >= 11 is 0. The van der Waals surface area contributed by atoms with Crippen molar-refractivity contribution in [3.8, 4) is 0 Å². The minimum atomic E-state index is -0.638. The lowest BCUT2D eigenvalue weighted by Crippen LogP contribution is -2.60. The maximum absolute atomic E-state index is 12.6. The van der Waals surface area contributed by atoms with E-state index in [0.717, 1.165) is 10.9 Å². The predicted octanol–water partition coefficient (Wildman–Crippen LogP) is 0.232. The molecule has 2 heterocycles. The zero-order valence-electron chi connectivity index (χ0n) is 15.0. The highest BCUT2D eigenvalue weighted by Crippen LogP contribution is 2.15. The Hall–Kier alpha value is -2.90. The number of fused-ring (bicyclic) bond motifs is 1. The molecule has 1 N–H and O–H groups in total. The van der Waals surface area contributed by atoms with Crippen molar-refractivity contribution in [3.63, 3.8) is 0 Å². The molecule has 1 fully saturated rings. The standard InChI is InChI=1S/C18H23N5O3/c1-13(24)22-10-9-21(12-16(22)18(26)19-2)17(25)7-8-23-15-6-4-3-5-14(15)11-20-23/h3-6,11,16H,7-10,12H2,1-2H3,(H,19,26). The van der Waals surface area contributed by atoms with Gasteiger partial charge < -0.3 is 15.1 Å². The fraction of sp³-hybridized carbons (Fsp3) is 0.444. The summed E-state index contributed by atoms with van der Waals surface area (Å²) in [5, 5.41) is 7.94. The maximum atomic E-state index is 12.6. The number of nitrogens with zero attached hydrogens (tertiary/aromatic N) is 4. The molecule has 8 nitrogen and oxygen atoms in total. The topological polar surface area (TPSA) is 87.5 Å². The van der Waals surface area contributed by atoms with E-state index in [1.165, 1.54) is 18.9 Å². The molecule has 3 amide bonds. The number of carbonyl (C=O) groups is 3. The van der Waals surface area contributed by atoms with Gasteiger partial charge in [-0.25, -0.2) is 0 Å². The van der Waals surface area contributed by atoms with E-state index < -0.39 is 6.04 Å². The number of hydrogen-bond donors (Lipinski definition) is 1. The van der Waals surface area contributed by atoms with Gasteiger partial charge in [0.15, 0.2) is 0 Å². The molecule has 1 aromatic carbocycles. The van der Waals surface area contributed by atoms with Crippen molar-refractivity contribution in [3.05, 3.63) is 30.5 Å². The van der Waals surface area contributed by atoms with Crippen LogP contribution in [0.1, 0.15) is 13.3 Å². The van der Waals surface area contributed by atoms with E-state index in [9.17, 15) is 14.4 Å². The number of piperazine rings is 1. The zero-order chi connectivity index (χ0) is 18.7. The van der Waals surface area contributed by atoms with Crippen LogP contribution in [0.5, 0.6) is 0 Å².